The fraction of sp³-hybridized carbons (Fsp3) is 0.593. The number of likely N-dealkylation sites (tertiary alicyclic amines) is 1. The van der Waals surface area contributed by atoms with E-state index in [1.807, 2.05) is 32.9 Å². The number of hydrogen-bond acceptors (Lipinski definition) is 6. The molecule has 194 valence electrons. The van der Waals surface area contributed by atoms with Crippen molar-refractivity contribution >= 4 is 23.1 Å². The number of nitriles is 1. The molecule has 1 aliphatic carbocycles. The molecule has 9 nitrogen and oxygen atoms in total. The van der Waals surface area contributed by atoms with Crippen LogP contribution in [0.5, 0.6) is 0 Å². The predicted molar refractivity (Wildman–Crippen MR) is 135 cm³/mol. The molecule has 2 aliphatic rings. The normalized spacial score (nSPS) is 23.6. The zero-order chi connectivity index (χ0) is 26.4. The highest BCUT2D eigenvalue weighted by Gasteiger charge is 2.47. The van der Waals surface area contributed by atoms with Crippen LogP contribution in [-0.4, -0.2) is 62.7 Å². The second-order valence-corrected chi connectivity index (χ2v) is 11.3. The Hall–Kier alpha value is -3.25. The molecule has 1 saturated heterocycles. The molecular formula is C27H36N4O5. The number of nitrogens with one attached hydrogen (secondary N) is 1. The fourth-order valence-corrected chi connectivity index (χ4v) is 5.37. The Bertz CT molecular complexity index is 1220. The van der Waals surface area contributed by atoms with Crippen molar-refractivity contribution in [1.29, 1.82) is 5.26 Å². The second kappa shape index (κ2) is 9.32. The van der Waals surface area contributed by atoms with Gasteiger partial charge in [0.15, 0.2) is 0 Å². The minimum atomic E-state index is -1.13. The van der Waals surface area contributed by atoms with Crippen LogP contribution in [0.1, 0.15) is 64.8 Å². The number of carbonyl (C=O) groups excluding carboxylic acids is 2. The maximum Gasteiger partial charge on any atom is 0.410 e. The van der Waals surface area contributed by atoms with E-state index in [1.54, 1.807) is 31.7 Å². The Morgan fingerprint density at radius 3 is 2.67 bits per heavy atom. The highest BCUT2D eigenvalue weighted by molar-refractivity contribution is 5.91. The van der Waals surface area contributed by atoms with Gasteiger partial charge in [0.05, 0.1) is 28.8 Å². The number of alkyl carbamates (subject to hydrolysis) is 1. The van der Waals surface area contributed by atoms with Gasteiger partial charge in [-0.05, 0) is 66.0 Å². The van der Waals surface area contributed by atoms with Crippen LogP contribution in [0.2, 0.25) is 0 Å². The molecule has 0 spiro atoms. The van der Waals surface area contributed by atoms with Gasteiger partial charge in [0.25, 0.3) is 0 Å². The van der Waals surface area contributed by atoms with Crippen molar-refractivity contribution in [2.24, 2.45) is 0 Å². The van der Waals surface area contributed by atoms with E-state index in [4.69, 9.17) is 9.47 Å². The minimum absolute atomic E-state index is 0.145. The summed E-state index contributed by atoms with van der Waals surface area (Å²) >= 11 is 0. The van der Waals surface area contributed by atoms with Crippen molar-refractivity contribution in [1.82, 2.24) is 14.8 Å². The number of para-hydroxylation sites is 1. The number of benzene rings is 1. The molecule has 2 heterocycles. The molecule has 3 unspecified atom stereocenters. The maximum absolute atomic E-state index is 13.0. The third-order valence-corrected chi connectivity index (χ3v) is 6.92. The molecule has 2 aromatic rings. The fourth-order valence-electron chi connectivity index (χ4n) is 5.37. The molecule has 0 radical (unpaired) electrons. The van der Waals surface area contributed by atoms with E-state index in [0.717, 1.165) is 22.2 Å². The summed E-state index contributed by atoms with van der Waals surface area (Å²) in [6, 6.07) is 7.23. The van der Waals surface area contributed by atoms with Gasteiger partial charge >= 0.3 is 12.2 Å². The van der Waals surface area contributed by atoms with Gasteiger partial charge in [0.1, 0.15) is 11.7 Å². The standard InChI is InChI=1S/C27H36N4O5/c1-16(2)35-24(32)29-18-12-20-19-9-7-8-17(14-28)23(19)31(21(20)13-18)15-22-27(6,34)10-11-30(22)25(33)36-26(3,4)5/h7-9,16,18,22,34H,10-13,15H2,1-6H3,(H,29,32). The summed E-state index contributed by atoms with van der Waals surface area (Å²) in [6.07, 6.45) is 0.457. The summed E-state index contributed by atoms with van der Waals surface area (Å²) in [4.78, 5) is 26.9. The minimum Gasteiger partial charge on any atom is -0.447 e. The quantitative estimate of drug-likeness (QED) is 0.664. The lowest BCUT2D eigenvalue weighted by Gasteiger charge is -2.34. The van der Waals surface area contributed by atoms with Crippen LogP contribution in [-0.2, 0) is 28.9 Å². The number of rotatable bonds is 4. The summed E-state index contributed by atoms with van der Waals surface area (Å²) < 4.78 is 13.0. The summed E-state index contributed by atoms with van der Waals surface area (Å²) in [6.45, 7) is 11.5. The Balaban J connectivity index is 1.71. The van der Waals surface area contributed by atoms with Gasteiger partial charge in [-0.2, -0.15) is 5.26 Å². The second-order valence-electron chi connectivity index (χ2n) is 11.3. The highest BCUT2D eigenvalue weighted by Crippen LogP contribution is 2.38. The number of fused-ring (bicyclic) bond motifs is 3. The van der Waals surface area contributed by atoms with E-state index in [9.17, 15) is 20.0 Å². The van der Waals surface area contributed by atoms with Crippen LogP contribution in [0, 0.1) is 11.3 Å². The van der Waals surface area contributed by atoms with Crippen LogP contribution < -0.4 is 5.32 Å². The van der Waals surface area contributed by atoms with E-state index < -0.39 is 29.4 Å². The van der Waals surface area contributed by atoms with E-state index in [0.29, 0.717) is 37.9 Å². The first-order valence-corrected chi connectivity index (χ1v) is 12.5. The van der Waals surface area contributed by atoms with Gasteiger partial charge in [-0.3, -0.25) is 0 Å². The molecule has 4 rings (SSSR count). The summed E-state index contributed by atoms with van der Waals surface area (Å²) in [5.41, 5.74) is 1.61. The van der Waals surface area contributed by atoms with Crippen molar-refractivity contribution in [2.75, 3.05) is 6.54 Å². The average molecular weight is 497 g/mol. The predicted octanol–water partition coefficient (Wildman–Crippen LogP) is 3.88. The van der Waals surface area contributed by atoms with Crippen LogP contribution in [0.25, 0.3) is 10.9 Å². The largest absolute Gasteiger partial charge is 0.447 e. The Morgan fingerprint density at radius 1 is 1.31 bits per heavy atom. The molecule has 2 amide bonds. The van der Waals surface area contributed by atoms with Crippen molar-refractivity contribution < 1.29 is 24.2 Å². The van der Waals surface area contributed by atoms with Crippen molar-refractivity contribution in [2.45, 2.75) is 96.7 Å². The van der Waals surface area contributed by atoms with Crippen molar-refractivity contribution in [3.63, 3.8) is 0 Å². The number of aromatic nitrogens is 1. The summed E-state index contributed by atoms with van der Waals surface area (Å²) in [5, 5.41) is 25.0. The SMILES string of the molecule is CC(C)OC(=O)NC1Cc2c(n(CC3N(C(=O)OC(C)(C)C)CCC3(C)O)c3c(C#N)cccc23)C1. The maximum atomic E-state index is 13.0. The first kappa shape index (κ1) is 25.8. The molecule has 9 heteroatoms. The lowest BCUT2D eigenvalue weighted by molar-refractivity contribution is -0.0106. The first-order chi connectivity index (χ1) is 16.8. The van der Waals surface area contributed by atoms with E-state index in [2.05, 4.69) is 16.0 Å². The summed E-state index contributed by atoms with van der Waals surface area (Å²) in [5.74, 6) is 0. The van der Waals surface area contributed by atoms with Crippen LogP contribution in [0.4, 0.5) is 9.59 Å². The molecule has 1 fully saturated rings. The van der Waals surface area contributed by atoms with E-state index in [1.165, 1.54) is 0 Å². The molecular weight excluding hydrogens is 460 g/mol. The summed E-state index contributed by atoms with van der Waals surface area (Å²) in [7, 11) is 0. The van der Waals surface area contributed by atoms with Gasteiger partial charge in [-0.1, -0.05) is 12.1 Å². The van der Waals surface area contributed by atoms with Gasteiger partial charge in [-0.15, -0.1) is 0 Å². The Labute approximate surface area is 212 Å². The number of amides is 2. The number of ether oxygens (including phenoxy) is 2. The number of hydrogen-bond donors (Lipinski definition) is 2. The zero-order valence-corrected chi connectivity index (χ0v) is 21.9. The smallest absolute Gasteiger partial charge is 0.410 e. The van der Waals surface area contributed by atoms with E-state index in [-0.39, 0.29) is 12.1 Å². The van der Waals surface area contributed by atoms with Crippen LogP contribution in [0.15, 0.2) is 18.2 Å². The third kappa shape index (κ3) is 5.00. The molecule has 2 N–H and O–H groups in total. The molecule has 36 heavy (non-hydrogen) atoms. The average Bonchev–Trinajstić information content (AvgIpc) is 3.37. The molecule has 0 saturated carbocycles. The topological polar surface area (TPSA) is 117 Å². The van der Waals surface area contributed by atoms with Crippen LogP contribution in [0.3, 0.4) is 0 Å². The van der Waals surface area contributed by atoms with Gasteiger partial charge < -0.3 is 29.4 Å². The third-order valence-electron chi connectivity index (χ3n) is 6.92. The highest BCUT2D eigenvalue weighted by atomic mass is 16.6. The molecule has 3 atom stereocenters. The molecule has 1 aliphatic heterocycles. The first-order valence-electron chi connectivity index (χ1n) is 12.5. The molecule has 1 aromatic heterocycles. The number of carbonyl (C=O) groups is 2. The lowest BCUT2D eigenvalue weighted by Crippen LogP contribution is -2.49. The van der Waals surface area contributed by atoms with E-state index >= 15 is 0 Å². The lowest BCUT2D eigenvalue weighted by atomic mass is 9.97. The number of nitrogens with zero attached hydrogens (tertiary/aromatic N) is 3. The van der Waals surface area contributed by atoms with Crippen molar-refractivity contribution in [3.05, 3.63) is 35.0 Å². The number of aliphatic hydroxyl groups is 1. The molecule has 0 bridgehead atoms. The van der Waals surface area contributed by atoms with Crippen molar-refractivity contribution in [3.8, 4) is 6.07 Å². The Kier molecular flexibility index (Phi) is 6.69. The van der Waals surface area contributed by atoms with Crippen LogP contribution >= 0.6 is 0 Å². The molecule has 1 aromatic carbocycles. The van der Waals surface area contributed by atoms with Gasteiger partial charge in [0, 0.05) is 36.6 Å². The Morgan fingerprint density at radius 2 is 2.03 bits per heavy atom. The monoisotopic (exact) mass is 496 g/mol. The zero-order valence-electron chi connectivity index (χ0n) is 21.9. The van der Waals surface area contributed by atoms with Gasteiger partial charge in [-0.25, -0.2) is 9.59 Å². The van der Waals surface area contributed by atoms with Gasteiger partial charge in [0.2, 0.25) is 0 Å².